The monoisotopic (exact) mass is 155 g/mol. The summed E-state index contributed by atoms with van der Waals surface area (Å²) in [7, 11) is 1.87. The number of carbonyl (C=O) groups excluding carboxylic acids is 1. The molecule has 0 atom stereocenters. The van der Waals surface area contributed by atoms with Crippen molar-refractivity contribution in [3.05, 3.63) is 0 Å². The lowest BCUT2D eigenvalue weighted by Gasteiger charge is -2.16. The summed E-state index contributed by atoms with van der Waals surface area (Å²) in [6, 6.07) is 0. The molecule has 1 aliphatic rings. The molecule has 1 rings (SSSR count). The Morgan fingerprint density at radius 3 is 2.45 bits per heavy atom. The molecule has 0 radical (unpaired) electrons. The molecule has 64 valence electrons. The van der Waals surface area contributed by atoms with Crippen LogP contribution >= 0.6 is 0 Å². The van der Waals surface area contributed by atoms with E-state index >= 15 is 0 Å². The van der Waals surface area contributed by atoms with Crippen LogP contribution in [0.5, 0.6) is 0 Å². The van der Waals surface area contributed by atoms with Crippen LogP contribution in [0.15, 0.2) is 0 Å². The SMILES string of the molecule is CC(=O)N(C)CCC1(C)CC1. The zero-order valence-corrected chi connectivity index (χ0v) is 7.68. The van der Waals surface area contributed by atoms with Crippen molar-refractivity contribution in [2.45, 2.75) is 33.1 Å². The van der Waals surface area contributed by atoms with Crippen molar-refractivity contribution < 1.29 is 4.79 Å². The van der Waals surface area contributed by atoms with Crippen LogP contribution in [-0.4, -0.2) is 24.4 Å². The van der Waals surface area contributed by atoms with Gasteiger partial charge in [-0.3, -0.25) is 4.79 Å². The number of hydrogen-bond donors (Lipinski definition) is 0. The van der Waals surface area contributed by atoms with Gasteiger partial charge in [0.15, 0.2) is 0 Å². The molecule has 1 aliphatic carbocycles. The zero-order chi connectivity index (χ0) is 8.48. The Labute approximate surface area is 68.6 Å². The molecule has 0 aliphatic heterocycles. The van der Waals surface area contributed by atoms with Crippen LogP contribution in [0.2, 0.25) is 0 Å². The second-order valence-corrected chi connectivity index (χ2v) is 4.00. The van der Waals surface area contributed by atoms with E-state index in [0.717, 1.165) is 6.54 Å². The summed E-state index contributed by atoms with van der Waals surface area (Å²) in [6.45, 7) is 4.84. The summed E-state index contributed by atoms with van der Waals surface area (Å²) in [6.07, 6.45) is 3.86. The van der Waals surface area contributed by atoms with Crippen molar-refractivity contribution in [3.8, 4) is 0 Å². The van der Waals surface area contributed by atoms with E-state index in [1.807, 2.05) is 7.05 Å². The van der Waals surface area contributed by atoms with Gasteiger partial charge in [0.05, 0.1) is 0 Å². The minimum Gasteiger partial charge on any atom is -0.346 e. The minimum absolute atomic E-state index is 0.175. The molecule has 0 unspecified atom stereocenters. The highest BCUT2D eigenvalue weighted by Crippen LogP contribution is 2.47. The van der Waals surface area contributed by atoms with Gasteiger partial charge in [-0.15, -0.1) is 0 Å². The van der Waals surface area contributed by atoms with E-state index in [-0.39, 0.29) is 5.91 Å². The van der Waals surface area contributed by atoms with Crippen LogP contribution in [0.3, 0.4) is 0 Å². The number of rotatable bonds is 3. The van der Waals surface area contributed by atoms with Crippen LogP contribution in [0, 0.1) is 5.41 Å². The van der Waals surface area contributed by atoms with E-state index in [4.69, 9.17) is 0 Å². The number of nitrogens with zero attached hydrogens (tertiary/aromatic N) is 1. The van der Waals surface area contributed by atoms with E-state index in [1.54, 1.807) is 11.8 Å². The van der Waals surface area contributed by atoms with Crippen LogP contribution in [-0.2, 0) is 4.79 Å². The normalized spacial score (nSPS) is 19.5. The van der Waals surface area contributed by atoms with Crippen LogP contribution in [0.4, 0.5) is 0 Å². The molecule has 0 bridgehead atoms. The molecular weight excluding hydrogens is 138 g/mol. The quantitative estimate of drug-likeness (QED) is 0.607. The Morgan fingerprint density at radius 2 is 2.09 bits per heavy atom. The molecule has 1 amide bonds. The summed E-state index contributed by atoms with van der Waals surface area (Å²) >= 11 is 0. The smallest absolute Gasteiger partial charge is 0.219 e. The Kier molecular flexibility index (Phi) is 2.21. The molecule has 0 aromatic heterocycles. The minimum atomic E-state index is 0.175. The van der Waals surface area contributed by atoms with Crippen LogP contribution < -0.4 is 0 Å². The van der Waals surface area contributed by atoms with Gasteiger partial charge >= 0.3 is 0 Å². The molecular formula is C9H17NO. The summed E-state index contributed by atoms with van der Waals surface area (Å²) in [5.41, 5.74) is 0.573. The molecule has 0 aromatic rings. The maximum atomic E-state index is 10.8. The molecule has 0 N–H and O–H groups in total. The molecule has 1 fully saturated rings. The Balaban J connectivity index is 2.16. The molecule has 0 aromatic carbocycles. The van der Waals surface area contributed by atoms with Gasteiger partial charge in [0.1, 0.15) is 0 Å². The summed E-state index contributed by atoms with van der Waals surface area (Å²) in [4.78, 5) is 12.6. The van der Waals surface area contributed by atoms with E-state index in [0.29, 0.717) is 5.41 Å². The zero-order valence-electron chi connectivity index (χ0n) is 7.68. The summed E-state index contributed by atoms with van der Waals surface area (Å²) < 4.78 is 0. The predicted molar refractivity (Wildman–Crippen MR) is 45.3 cm³/mol. The first kappa shape index (κ1) is 8.57. The van der Waals surface area contributed by atoms with Crippen molar-refractivity contribution in [1.29, 1.82) is 0 Å². The lowest BCUT2D eigenvalue weighted by atomic mass is 10.1. The fraction of sp³-hybridized carbons (Fsp3) is 0.889. The van der Waals surface area contributed by atoms with E-state index < -0.39 is 0 Å². The van der Waals surface area contributed by atoms with Gasteiger partial charge in [-0.1, -0.05) is 6.92 Å². The number of amides is 1. The average Bonchev–Trinajstić information content (AvgIpc) is 2.64. The van der Waals surface area contributed by atoms with Gasteiger partial charge in [-0.2, -0.15) is 0 Å². The van der Waals surface area contributed by atoms with Crippen molar-refractivity contribution in [2.75, 3.05) is 13.6 Å². The van der Waals surface area contributed by atoms with Crippen molar-refractivity contribution in [3.63, 3.8) is 0 Å². The lowest BCUT2D eigenvalue weighted by Crippen LogP contribution is -2.26. The molecule has 2 heteroatoms. The Bertz CT molecular complexity index is 161. The summed E-state index contributed by atoms with van der Waals surface area (Å²) in [5, 5.41) is 0. The lowest BCUT2D eigenvalue weighted by molar-refractivity contribution is -0.127. The Morgan fingerprint density at radius 1 is 1.55 bits per heavy atom. The Hall–Kier alpha value is -0.530. The third-order valence-electron chi connectivity index (χ3n) is 2.69. The van der Waals surface area contributed by atoms with Gasteiger partial charge in [-0.05, 0) is 24.7 Å². The van der Waals surface area contributed by atoms with E-state index in [2.05, 4.69) is 6.92 Å². The molecule has 1 saturated carbocycles. The maximum absolute atomic E-state index is 10.8. The van der Waals surface area contributed by atoms with Gasteiger partial charge < -0.3 is 4.90 Å². The first-order valence-electron chi connectivity index (χ1n) is 4.25. The molecule has 0 heterocycles. The maximum Gasteiger partial charge on any atom is 0.219 e. The molecule has 2 nitrogen and oxygen atoms in total. The third kappa shape index (κ3) is 2.52. The first-order chi connectivity index (χ1) is 5.03. The number of hydrogen-bond acceptors (Lipinski definition) is 1. The molecule has 0 spiro atoms. The van der Waals surface area contributed by atoms with Gasteiger partial charge in [0, 0.05) is 20.5 Å². The predicted octanol–water partition coefficient (Wildman–Crippen LogP) is 1.65. The topological polar surface area (TPSA) is 20.3 Å². The van der Waals surface area contributed by atoms with E-state index in [1.165, 1.54) is 19.3 Å². The highest BCUT2D eigenvalue weighted by molar-refractivity contribution is 5.72. The second kappa shape index (κ2) is 2.84. The highest BCUT2D eigenvalue weighted by Gasteiger charge is 2.36. The van der Waals surface area contributed by atoms with Crippen molar-refractivity contribution >= 4 is 5.91 Å². The number of carbonyl (C=O) groups is 1. The fourth-order valence-electron chi connectivity index (χ4n) is 1.06. The molecule has 11 heavy (non-hydrogen) atoms. The largest absolute Gasteiger partial charge is 0.346 e. The highest BCUT2D eigenvalue weighted by atomic mass is 16.2. The van der Waals surface area contributed by atoms with Gasteiger partial charge in [-0.25, -0.2) is 0 Å². The average molecular weight is 155 g/mol. The first-order valence-corrected chi connectivity index (χ1v) is 4.25. The van der Waals surface area contributed by atoms with Gasteiger partial charge in [0.25, 0.3) is 0 Å². The third-order valence-corrected chi connectivity index (χ3v) is 2.69. The fourth-order valence-corrected chi connectivity index (χ4v) is 1.06. The summed E-state index contributed by atoms with van der Waals surface area (Å²) in [5.74, 6) is 0.175. The van der Waals surface area contributed by atoms with Crippen molar-refractivity contribution in [1.82, 2.24) is 4.90 Å². The standard InChI is InChI=1S/C9H17NO/c1-8(11)10(3)7-6-9(2)4-5-9/h4-7H2,1-3H3. The molecule has 0 saturated heterocycles. The van der Waals surface area contributed by atoms with Gasteiger partial charge in [0.2, 0.25) is 5.91 Å². The van der Waals surface area contributed by atoms with Crippen molar-refractivity contribution in [2.24, 2.45) is 5.41 Å². The van der Waals surface area contributed by atoms with Crippen LogP contribution in [0.1, 0.15) is 33.1 Å². The second-order valence-electron chi connectivity index (χ2n) is 4.00. The van der Waals surface area contributed by atoms with Crippen LogP contribution in [0.25, 0.3) is 0 Å². The van der Waals surface area contributed by atoms with E-state index in [9.17, 15) is 4.79 Å².